The van der Waals surface area contributed by atoms with E-state index in [0.29, 0.717) is 5.56 Å². The van der Waals surface area contributed by atoms with Crippen LogP contribution < -0.4 is 0 Å². The zero-order valence-electron chi connectivity index (χ0n) is 11.0. The van der Waals surface area contributed by atoms with Gasteiger partial charge in [-0.05, 0) is 30.2 Å². The summed E-state index contributed by atoms with van der Waals surface area (Å²) in [6.45, 7) is 0.140. The number of nitrogens with one attached hydrogen (secondary N) is 1. The SMILES string of the molecule is O=C(c1ccn[nH]1)N1C[C@H](O)C[C@H]1c1ccc(F)c(F)c1. The number of benzene rings is 1. The monoisotopic (exact) mass is 293 g/mol. The zero-order chi connectivity index (χ0) is 15.0. The first-order chi connectivity index (χ1) is 10.1. The number of aromatic amines is 1. The summed E-state index contributed by atoms with van der Waals surface area (Å²) in [5.41, 5.74) is 0.745. The fourth-order valence-electron chi connectivity index (χ4n) is 2.60. The number of likely N-dealkylation sites (tertiary alicyclic amines) is 1. The maximum absolute atomic E-state index is 13.4. The lowest BCUT2D eigenvalue weighted by Gasteiger charge is -2.24. The molecule has 1 aromatic heterocycles. The minimum absolute atomic E-state index is 0.140. The highest BCUT2D eigenvalue weighted by Crippen LogP contribution is 2.33. The number of β-amino-alcohol motifs (C(OH)–C–C–N with tert-alkyl or cyclic N) is 1. The standard InChI is InChI=1S/C14H13F2N3O2/c15-10-2-1-8(5-11(10)16)13-6-9(20)7-19(13)14(21)12-3-4-17-18-12/h1-5,9,13,20H,6-7H2,(H,17,18)/t9-,13+/m1/s1. The van der Waals surface area contributed by atoms with E-state index in [4.69, 9.17) is 0 Å². The van der Waals surface area contributed by atoms with Gasteiger partial charge >= 0.3 is 0 Å². The summed E-state index contributed by atoms with van der Waals surface area (Å²) >= 11 is 0. The van der Waals surface area contributed by atoms with Gasteiger partial charge < -0.3 is 10.0 Å². The van der Waals surface area contributed by atoms with Crippen LogP contribution in [0.5, 0.6) is 0 Å². The molecule has 2 N–H and O–H groups in total. The summed E-state index contributed by atoms with van der Waals surface area (Å²) in [5, 5.41) is 16.1. The molecule has 5 nitrogen and oxygen atoms in total. The number of H-pyrrole nitrogens is 1. The molecule has 21 heavy (non-hydrogen) atoms. The fraction of sp³-hybridized carbons (Fsp3) is 0.286. The molecular weight excluding hydrogens is 280 g/mol. The number of aliphatic hydroxyl groups is 1. The van der Waals surface area contributed by atoms with E-state index in [1.165, 1.54) is 23.2 Å². The Morgan fingerprint density at radius 3 is 2.81 bits per heavy atom. The van der Waals surface area contributed by atoms with Crippen LogP contribution in [0.25, 0.3) is 0 Å². The van der Waals surface area contributed by atoms with Crippen LogP contribution in [0.3, 0.4) is 0 Å². The van der Waals surface area contributed by atoms with Crippen molar-refractivity contribution >= 4 is 5.91 Å². The minimum Gasteiger partial charge on any atom is -0.391 e. The van der Waals surface area contributed by atoms with Gasteiger partial charge in [-0.25, -0.2) is 8.78 Å². The normalized spacial score (nSPS) is 21.8. The van der Waals surface area contributed by atoms with Crippen molar-refractivity contribution in [2.75, 3.05) is 6.54 Å². The number of hydrogen-bond acceptors (Lipinski definition) is 3. The molecule has 2 atom stereocenters. The van der Waals surface area contributed by atoms with Crippen molar-refractivity contribution in [1.29, 1.82) is 0 Å². The second kappa shape index (κ2) is 5.25. The topological polar surface area (TPSA) is 69.2 Å². The highest BCUT2D eigenvalue weighted by Gasteiger charge is 2.36. The van der Waals surface area contributed by atoms with E-state index in [1.807, 2.05) is 0 Å². The summed E-state index contributed by atoms with van der Waals surface area (Å²) in [6.07, 6.45) is 1.03. The number of carbonyl (C=O) groups is 1. The van der Waals surface area contributed by atoms with Gasteiger partial charge in [-0.3, -0.25) is 9.89 Å². The van der Waals surface area contributed by atoms with Gasteiger partial charge in [-0.1, -0.05) is 6.07 Å². The van der Waals surface area contributed by atoms with Crippen molar-refractivity contribution in [2.24, 2.45) is 0 Å². The molecule has 110 valence electrons. The number of amides is 1. The molecule has 1 saturated heterocycles. The molecule has 3 rings (SSSR count). The Morgan fingerprint density at radius 2 is 2.14 bits per heavy atom. The van der Waals surface area contributed by atoms with Crippen molar-refractivity contribution in [3.8, 4) is 0 Å². The molecular formula is C14H13F2N3O2. The lowest BCUT2D eigenvalue weighted by atomic mass is 10.0. The quantitative estimate of drug-likeness (QED) is 0.884. The average Bonchev–Trinajstić information content (AvgIpc) is 3.10. The van der Waals surface area contributed by atoms with Crippen LogP contribution >= 0.6 is 0 Å². The minimum atomic E-state index is -0.970. The Hall–Kier alpha value is -2.28. The maximum atomic E-state index is 13.4. The van der Waals surface area contributed by atoms with Gasteiger partial charge in [0.05, 0.1) is 12.1 Å². The average molecular weight is 293 g/mol. The van der Waals surface area contributed by atoms with E-state index in [9.17, 15) is 18.7 Å². The number of rotatable bonds is 2. The molecule has 0 spiro atoms. The van der Waals surface area contributed by atoms with Crippen LogP contribution in [0.1, 0.15) is 28.5 Å². The Kier molecular flexibility index (Phi) is 3.42. The van der Waals surface area contributed by atoms with E-state index >= 15 is 0 Å². The molecule has 7 heteroatoms. The first-order valence-corrected chi connectivity index (χ1v) is 6.49. The van der Waals surface area contributed by atoms with Crippen molar-refractivity contribution in [3.63, 3.8) is 0 Å². The van der Waals surface area contributed by atoms with Gasteiger partial charge in [0.1, 0.15) is 5.69 Å². The number of aromatic nitrogens is 2. The third-order valence-electron chi connectivity index (χ3n) is 3.60. The number of hydrogen-bond donors (Lipinski definition) is 2. The largest absolute Gasteiger partial charge is 0.391 e. The van der Waals surface area contributed by atoms with Crippen molar-refractivity contribution in [1.82, 2.24) is 15.1 Å². The highest BCUT2D eigenvalue weighted by atomic mass is 19.2. The van der Waals surface area contributed by atoms with Crippen LogP contribution in [0.2, 0.25) is 0 Å². The molecule has 1 aromatic carbocycles. The number of nitrogens with zero attached hydrogens (tertiary/aromatic N) is 2. The van der Waals surface area contributed by atoms with E-state index in [0.717, 1.165) is 12.1 Å². The second-order valence-electron chi connectivity index (χ2n) is 5.01. The van der Waals surface area contributed by atoms with Crippen LogP contribution in [-0.4, -0.2) is 38.8 Å². The predicted octanol–water partition coefficient (Wildman–Crippen LogP) is 1.64. The van der Waals surface area contributed by atoms with E-state index < -0.39 is 23.8 Å². The molecule has 1 amide bonds. The summed E-state index contributed by atoms with van der Waals surface area (Å²) in [6, 6.07) is 4.54. The molecule has 2 aromatic rings. The van der Waals surface area contributed by atoms with Gasteiger partial charge in [0, 0.05) is 12.7 Å². The van der Waals surface area contributed by atoms with Gasteiger partial charge in [-0.15, -0.1) is 0 Å². The van der Waals surface area contributed by atoms with Crippen molar-refractivity contribution < 1.29 is 18.7 Å². The Morgan fingerprint density at radius 1 is 1.33 bits per heavy atom. The Balaban J connectivity index is 1.92. The molecule has 1 aliphatic rings. The zero-order valence-corrected chi connectivity index (χ0v) is 11.0. The first kappa shape index (κ1) is 13.7. The van der Waals surface area contributed by atoms with Gasteiger partial charge in [0.2, 0.25) is 0 Å². The Labute approximate surface area is 119 Å². The lowest BCUT2D eigenvalue weighted by Crippen LogP contribution is -2.32. The molecule has 1 fully saturated rings. The second-order valence-corrected chi connectivity index (χ2v) is 5.01. The molecule has 0 bridgehead atoms. The highest BCUT2D eigenvalue weighted by molar-refractivity contribution is 5.92. The molecule has 1 aliphatic heterocycles. The van der Waals surface area contributed by atoms with Crippen molar-refractivity contribution in [2.45, 2.75) is 18.6 Å². The number of halogens is 2. The Bertz CT molecular complexity index is 660. The lowest BCUT2D eigenvalue weighted by molar-refractivity contribution is 0.0709. The smallest absolute Gasteiger partial charge is 0.272 e. The fourth-order valence-corrected chi connectivity index (χ4v) is 2.60. The van der Waals surface area contributed by atoms with Crippen LogP contribution in [0, 0.1) is 11.6 Å². The predicted molar refractivity (Wildman–Crippen MR) is 69.3 cm³/mol. The van der Waals surface area contributed by atoms with E-state index in [2.05, 4.69) is 10.2 Å². The van der Waals surface area contributed by atoms with E-state index in [-0.39, 0.29) is 24.6 Å². The molecule has 0 radical (unpaired) electrons. The van der Waals surface area contributed by atoms with Crippen LogP contribution in [0.15, 0.2) is 30.5 Å². The van der Waals surface area contributed by atoms with Gasteiger partial charge in [0.15, 0.2) is 11.6 Å². The summed E-state index contributed by atoms with van der Waals surface area (Å²) in [5.74, 6) is -2.25. The van der Waals surface area contributed by atoms with Crippen molar-refractivity contribution in [3.05, 3.63) is 53.4 Å². The maximum Gasteiger partial charge on any atom is 0.272 e. The molecule has 2 heterocycles. The first-order valence-electron chi connectivity index (χ1n) is 6.49. The third kappa shape index (κ3) is 2.52. The third-order valence-corrected chi connectivity index (χ3v) is 3.60. The van der Waals surface area contributed by atoms with Gasteiger partial charge in [-0.2, -0.15) is 5.10 Å². The summed E-state index contributed by atoms with van der Waals surface area (Å²) in [7, 11) is 0. The van der Waals surface area contributed by atoms with Crippen LogP contribution in [0.4, 0.5) is 8.78 Å². The van der Waals surface area contributed by atoms with E-state index in [1.54, 1.807) is 0 Å². The molecule has 0 unspecified atom stereocenters. The number of aliphatic hydroxyl groups excluding tert-OH is 1. The summed E-state index contributed by atoms with van der Waals surface area (Å²) < 4.78 is 26.4. The molecule has 0 aliphatic carbocycles. The number of carbonyl (C=O) groups excluding carboxylic acids is 1. The van der Waals surface area contributed by atoms with Crippen LogP contribution in [-0.2, 0) is 0 Å². The van der Waals surface area contributed by atoms with Gasteiger partial charge in [0.25, 0.3) is 5.91 Å². The molecule has 0 saturated carbocycles. The summed E-state index contributed by atoms with van der Waals surface area (Å²) in [4.78, 5) is 13.8.